The molecule has 0 radical (unpaired) electrons. The summed E-state index contributed by atoms with van der Waals surface area (Å²) in [5, 5.41) is 19.0. The third-order valence-corrected chi connectivity index (χ3v) is 6.03. The van der Waals surface area contributed by atoms with E-state index in [1.54, 1.807) is 0 Å². The molecule has 0 amide bonds. The highest BCUT2D eigenvalue weighted by atomic mass is 16.5. The van der Waals surface area contributed by atoms with Gasteiger partial charge in [0.25, 0.3) is 0 Å². The number of hydrogen-bond acceptors (Lipinski definition) is 4. The second-order valence-electron chi connectivity index (χ2n) is 8.13. The number of rotatable bonds is 11. The number of carboxylic acids is 1. The van der Waals surface area contributed by atoms with Crippen molar-refractivity contribution in [1.82, 2.24) is 0 Å². The number of aliphatic hydroxyl groups is 1. The zero-order valence-corrected chi connectivity index (χ0v) is 16.0. The first-order valence-corrected chi connectivity index (χ1v) is 10.6. The summed E-state index contributed by atoms with van der Waals surface area (Å²) in [4.78, 5) is 23.1. The first kappa shape index (κ1) is 21.4. The average Bonchev–Trinajstić information content (AvgIpc) is 2.64. The summed E-state index contributed by atoms with van der Waals surface area (Å²) in [7, 11) is 0. The number of ether oxygens (including phenoxy) is 1. The number of Topliss-reactive ketones (excluding diaryl/α,β-unsaturated/α-hetero) is 1. The van der Waals surface area contributed by atoms with Crippen LogP contribution in [-0.4, -0.2) is 40.8 Å². The van der Waals surface area contributed by atoms with Crippen molar-refractivity contribution in [3.63, 3.8) is 0 Å². The Hall–Kier alpha value is -0.940. The monoisotopic (exact) mass is 368 g/mol. The fourth-order valence-corrected chi connectivity index (χ4v) is 4.44. The highest BCUT2D eigenvalue weighted by Gasteiger charge is 2.37. The third kappa shape index (κ3) is 7.36. The van der Waals surface area contributed by atoms with E-state index in [0.717, 1.165) is 70.6 Å². The molecule has 3 atom stereocenters. The topological polar surface area (TPSA) is 83.8 Å². The largest absolute Gasteiger partial charge is 0.481 e. The molecular weight excluding hydrogens is 332 g/mol. The lowest BCUT2D eigenvalue weighted by atomic mass is 9.74. The molecule has 150 valence electrons. The lowest BCUT2D eigenvalue weighted by Gasteiger charge is -2.34. The second-order valence-corrected chi connectivity index (χ2v) is 8.13. The minimum absolute atomic E-state index is 0.0763. The SMILES string of the molecule is O=C(O)CCCCCCCOC1CCC(C(=O)C2CCCCC2)C(O)C1. The van der Waals surface area contributed by atoms with E-state index in [1.807, 2.05) is 0 Å². The maximum Gasteiger partial charge on any atom is 0.303 e. The molecule has 3 unspecified atom stereocenters. The van der Waals surface area contributed by atoms with Gasteiger partial charge in [0.1, 0.15) is 5.78 Å². The Morgan fingerprint density at radius 3 is 2.27 bits per heavy atom. The van der Waals surface area contributed by atoms with Crippen molar-refractivity contribution < 1.29 is 24.5 Å². The minimum Gasteiger partial charge on any atom is -0.481 e. The number of carbonyl (C=O) groups is 2. The Morgan fingerprint density at radius 1 is 0.885 bits per heavy atom. The molecule has 5 nitrogen and oxygen atoms in total. The lowest BCUT2D eigenvalue weighted by Crippen LogP contribution is -2.40. The molecule has 2 rings (SSSR count). The third-order valence-electron chi connectivity index (χ3n) is 6.03. The van der Waals surface area contributed by atoms with E-state index < -0.39 is 12.1 Å². The van der Waals surface area contributed by atoms with E-state index in [-0.39, 0.29) is 24.4 Å². The average molecular weight is 369 g/mol. The van der Waals surface area contributed by atoms with Crippen LogP contribution in [0.3, 0.4) is 0 Å². The molecule has 2 aliphatic rings. The van der Waals surface area contributed by atoms with Gasteiger partial charge >= 0.3 is 5.97 Å². The van der Waals surface area contributed by atoms with Gasteiger partial charge in [-0.05, 0) is 38.5 Å². The van der Waals surface area contributed by atoms with Crippen LogP contribution < -0.4 is 0 Å². The van der Waals surface area contributed by atoms with Gasteiger partial charge in [0.15, 0.2) is 0 Å². The highest BCUT2D eigenvalue weighted by Crippen LogP contribution is 2.34. The summed E-state index contributed by atoms with van der Waals surface area (Å²) in [5.74, 6) is -0.407. The Balaban J connectivity index is 1.55. The van der Waals surface area contributed by atoms with Crippen LogP contribution in [0.2, 0.25) is 0 Å². The summed E-state index contributed by atoms with van der Waals surface area (Å²) < 4.78 is 5.91. The van der Waals surface area contributed by atoms with E-state index in [4.69, 9.17) is 9.84 Å². The van der Waals surface area contributed by atoms with Crippen LogP contribution in [0.4, 0.5) is 0 Å². The van der Waals surface area contributed by atoms with Gasteiger partial charge in [-0.15, -0.1) is 0 Å². The van der Waals surface area contributed by atoms with Crippen LogP contribution in [-0.2, 0) is 14.3 Å². The molecule has 0 heterocycles. The molecule has 0 aromatic carbocycles. The van der Waals surface area contributed by atoms with E-state index in [1.165, 1.54) is 6.42 Å². The molecule has 2 fully saturated rings. The smallest absolute Gasteiger partial charge is 0.303 e. The van der Waals surface area contributed by atoms with Crippen LogP contribution in [0.25, 0.3) is 0 Å². The maximum atomic E-state index is 12.7. The molecule has 0 aromatic rings. The number of aliphatic carboxylic acids is 1. The number of unbranched alkanes of at least 4 members (excludes halogenated alkanes) is 4. The molecule has 2 N–H and O–H groups in total. The van der Waals surface area contributed by atoms with Crippen molar-refractivity contribution in [3.05, 3.63) is 0 Å². The normalized spacial score (nSPS) is 27.3. The molecule has 26 heavy (non-hydrogen) atoms. The number of ketones is 1. The van der Waals surface area contributed by atoms with Crippen molar-refractivity contribution in [2.75, 3.05) is 6.61 Å². The number of aliphatic hydroxyl groups excluding tert-OH is 1. The molecular formula is C21H36O5. The molecule has 0 aromatic heterocycles. The Labute approximate surface area is 157 Å². The van der Waals surface area contributed by atoms with Crippen LogP contribution in [0.15, 0.2) is 0 Å². The molecule has 0 saturated heterocycles. The zero-order valence-electron chi connectivity index (χ0n) is 16.0. The molecule has 0 aliphatic heterocycles. The summed E-state index contributed by atoms with van der Waals surface area (Å²) in [5.41, 5.74) is 0. The van der Waals surface area contributed by atoms with Crippen molar-refractivity contribution in [3.8, 4) is 0 Å². The number of carboxylic acid groups (broad SMARTS) is 1. The van der Waals surface area contributed by atoms with Gasteiger partial charge in [-0.25, -0.2) is 0 Å². The van der Waals surface area contributed by atoms with Gasteiger partial charge in [0.2, 0.25) is 0 Å². The first-order valence-electron chi connectivity index (χ1n) is 10.6. The summed E-state index contributed by atoms with van der Waals surface area (Å²) in [6.45, 7) is 0.692. The first-order chi connectivity index (χ1) is 12.6. The van der Waals surface area contributed by atoms with E-state index in [9.17, 15) is 14.7 Å². The van der Waals surface area contributed by atoms with Crippen LogP contribution in [0.1, 0.15) is 89.9 Å². The van der Waals surface area contributed by atoms with Crippen molar-refractivity contribution in [2.45, 2.75) is 102 Å². The fourth-order valence-electron chi connectivity index (χ4n) is 4.44. The quantitative estimate of drug-likeness (QED) is 0.536. The predicted octanol–water partition coefficient (Wildman–Crippen LogP) is 4.11. The maximum absolute atomic E-state index is 12.7. The number of hydrogen-bond donors (Lipinski definition) is 2. The van der Waals surface area contributed by atoms with E-state index in [2.05, 4.69) is 0 Å². The van der Waals surface area contributed by atoms with Gasteiger partial charge in [0.05, 0.1) is 12.2 Å². The van der Waals surface area contributed by atoms with Gasteiger partial charge in [-0.2, -0.15) is 0 Å². The van der Waals surface area contributed by atoms with Crippen molar-refractivity contribution >= 4 is 11.8 Å². The van der Waals surface area contributed by atoms with Gasteiger partial charge in [-0.1, -0.05) is 38.5 Å². The molecule has 0 spiro atoms. The molecule has 2 saturated carbocycles. The van der Waals surface area contributed by atoms with Crippen LogP contribution >= 0.6 is 0 Å². The summed E-state index contributed by atoms with van der Waals surface area (Å²) >= 11 is 0. The van der Waals surface area contributed by atoms with Crippen molar-refractivity contribution in [1.29, 1.82) is 0 Å². The number of carbonyl (C=O) groups excluding carboxylic acids is 1. The molecule has 0 bridgehead atoms. The van der Waals surface area contributed by atoms with Crippen molar-refractivity contribution in [2.24, 2.45) is 11.8 Å². The lowest BCUT2D eigenvalue weighted by molar-refractivity contribution is -0.137. The standard InChI is InChI=1S/C21H36O5/c22-19-15-17(26-14-8-3-1-2-7-11-20(23)24)12-13-18(19)21(25)16-9-5-4-6-10-16/h16-19,22H,1-15H2,(H,23,24). The minimum atomic E-state index is -0.718. The van der Waals surface area contributed by atoms with E-state index >= 15 is 0 Å². The van der Waals surface area contributed by atoms with E-state index in [0.29, 0.717) is 18.8 Å². The molecule has 5 heteroatoms. The highest BCUT2D eigenvalue weighted by molar-refractivity contribution is 5.84. The predicted molar refractivity (Wildman–Crippen MR) is 100 cm³/mol. The van der Waals surface area contributed by atoms with Crippen LogP contribution in [0, 0.1) is 11.8 Å². The fraction of sp³-hybridized carbons (Fsp3) is 0.905. The summed E-state index contributed by atoms with van der Waals surface area (Å²) in [6.07, 6.45) is 12.4. The van der Waals surface area contributed by atoms with Gasteiger partial charge < -0.3 is 14.9 Å². The Morgan fingerprint density at radius 2 is 1.58 bits per heavy atom. The van der Waals surface area contributed by atoms with Crippen LogP contribution in [0.5, 0.6) is 0 Å². The second kappa shape index (κ2) is 11.7. The summed E-state index contributed by atoms with van der Waals surface area (Å²) in [6, 6.07) is 0. The molecule has 2 aliphatic carbocycles. The Kier molecular flexibility index (Phi) is 9.62. The van der Waals surface area contributed by atoms with Gasteiger partial charge in [-0.3, -0.25) is 9.59 Å². The Bertz CT molecular complexity index is 430. The zero-order chi connectivity index (χ0) is 18.8. The van der Waals surface area contributed by atoms with Gasteiger partial charge in [0, 0.05) is 31.3 Å².